The van der Waals surface area contributed by atoms with Gasteiger partial charge in [0.05, 0.1) is 19.3 Å². The molecule has 0 fully saturated rings. The predicted octanol–water partition coefficient (Wildman–Crippen LogP) is 4.10. The number of benzene rings is 1. The van der Waals surface area contributed by atoms with Crippen LogP contribution in [0.4, 0.5) is 0 Å². The van der Waals surface area contributed by atoms with Crippen LogP contribution in [-0.4, -0.2) is 19.1 Å². The van der Waals surface area contributed by atoms with Gasteiger partial charge in [-0.15, -0.1) is 0 Å². The van der Waals surface area contributed by atoms with Crippen LogP contribution < -0.4 is 14.8 Å². The normalized spacial score (nSPS) is 12.1. The van der Waals surface area contributed by atoms with Crippen LogP contribution in [0.5, 0.6) is 11.5 Å². The summed E-state index contributed by atoms with van der Waals surface area (Å²) in [6.07, 6.45) is 1.41. The van der Waals surface area contributed by atoms with Gasteiger partial charge >= 0.3 is 0 Å². The van der Waals surface area contributed by atoms with Gasteiger partial charge in [0.15, 0.2) is 11.5 Å². The van der Waals surface area contributed by atoms with E-state index in [4.69, 9.17) is 9.47 Å². The van der Waals surface area contributed by atoms with Crippen molar-refractivity contribution in [2.45, 2.75) is 53.5 Å². The predicted molar refractivity (Wildman–Crippen MR) is 89.4 cm³/mol. The summed E-state index contributed by atoms with van der Waals surface area (Å²) in [6, 6.07) is 5.88. The molecule has 0 saturated carbocycles. The molecule has 0 aliphatic heterocycles. The number of nitrogens with one attached hydrogen (secondary N) is 1. The number of carbonyl (C=O) groups excluding carboxylic acids is 1. The van der Waals surface area contributed by atoms with Crippen LogP contribution in [0.2, 0.25) is 0 Å². The summed E-state index contributed by atoms with van der Waals surface area (Å²) < 4.78 is 11.3. The molecule has 1 aromatic rings. The second kappa shape index (κ2) is 9.34. The van der Waals surface area contributed by atoms with Crippen LogP contribution in [0, 0.1) is 5.92 Å². The highest BCUT2D eigenvalue weighted by molar-refractivity contribution is 5.76. The highest BCUT2D eigenvalue weighted by atomic mass is 16.5. The van der Waals surface area contributed by atoms with Crippen molar-refractivity contribution in [3.63, 3.8) is 0 Å². The van der Waals surface area contributed by atoms with Gasteiger partial charge < -0.3 is 14.8 Å². The van der Waals surface area contributed by atoms with Gasteiger partial charge in [-0.25, -0.2) is 0 Å². The Bertz CT molecular complexity index is 471. The highest BCUT2D eigenvalue weighted by Crippen LogP contribution is 2.33. The van der Waals surface area contributed by atoms with Crippen molar-refractivity contribution < 1.29 is 14.3 Å². The Balaban J connectivity index is 3.03. The summed E-state index contributed by atoms with van der Waals surface area (Å²) in [5.74, 6) is 1.87. The molecule has 0 bridgehead atoms. The minimum Gasteiger partial charge on any atom is -0.490 e. The topological polar surface area (TPSA) is 47.6 Å². The number of amides is 1. The van der Waals surface area contributed by atoms with Crippen molar-refractivity contribution in [3.05, 3.63) is 23.8 Å². The molecule has 0 radical (unpaired) electrons. The zero-order valence-electron chi connectivity index (χ0n) is 14.4. The molecule has 4 heteroatoms. The first-order valence-electron chi connectivity index (χ1n) is 8.22. The molecule has 0 aliphatic rings. The van der Waals surface area contributed by atoms with Gasteiger partial charge in [-0.3, -0.25) is 4.79 Å². The van der Waals surface area contributed by atoms with E-state index in [1.165, 1.54) is 0 Å². The van der Waals surface area contributed by atoms with Crippen molar-refractivity contribution in [1.82, 2.24) is 5.32 Å². The fourth-order valence-electron chi connectivity index (χ4n) is 2.37. The molecule has 0 saturated heterocycles. The second-order valence-electron chi connectivity index (χ2n) is 5.61. The van der Waals surface area contributed by atoms with E-state index < -0.39 is 0 Å². The van der Waals surface area contributed by atoms with Crippen molar-refractivity contribution >= 4 is 5.91 Å². The molecule has 0 aromatic heterocycles. The number of ether oxygens (including phenoxy) is 2. The van der Waals surface area contributed by atoms with Crippen molar-refractivity contribution in [2.24, 2.45) is 5.92 Å². The van der Waals surface area contributed by atoms with Crippen LogP contribution in [0.1, 0.15) is 59.1 Å². The molecule has 1 amide bonds. The smallest absolute Gasteiger partial charge is 0.220 e. The van der Waals surface area contributed by atoms with Crippen molar-refractivity contribution in [3.8, 4) is 11.5 Å². The Morgan fingerprint density at radius 3 is 2.27 bits per heavy atom. The fourth-order valence-corrected chi connectivity index (χ4v) is 2.37. The largest absolute Gasteiger partial charge is 0.490 e. The number of rotatable bonds is 9. The molecule has 1 unspecified atom stereocenters. The minimum absolute atomic E-state index is 0.0195. The summed E-state index contributed by atoms with van der Waals surface area (Å²) in [4.78, 5) is 11.9. The Hall–Kier alpha value is -1.71. The summed E-state index contributed by atoms with van der Waals surface area (Å²) in [5, 5.41) is 3.12. The SMILES string of the molecule is CCCC(=O)NC(c1ccc(OCC)c(OCC)c1)C(C)C. The number of hydrogen-bond acceptors (Lipinski definition) is 3. The van der Waals surface area contributed by atoms with Crippen LogP contribution in [0.15, 0.2) is 18.2 Å². The first kappa shape index (κ1) is 18.3. The summed E-state index contributed by atoms with van der Waals surface area (Å²) in [5.41, 5.74) is 1.05. The van der Waals surface area contributed by atoms with Crippen molar-refractivity contribution in [2.75, 3.05) is 13.2 Å². The number of carbonyl (C=O) groups is 1. The summed E-state index contributed by atoms with van der Waals surface area (Å²) in [6.45, 7) is 11.3. The molecule has 1 rings (SSSR count). The lowest BCUT2D eigenvalue weighted by Crippen LogP contribution is -2.31. The van der Waals surface area contributed by atoms with Gasteiger partial charge in [0.1, 0.15) is 0 Å². The Labute approximate surface area is 134 Å². The zero-order valence-corrected chi connectivity index (χ0v) is 14.4. The van der Waals surface area contributed by atoms with E-state index in [-0.39, 0.29) is 11.9 Å². The van der Waals surface area contributed by atoms with E-state index in [1.807, 2.05) is 39.0 Å². The lowest BCUT2D eigenvalue weighted by atomic mass is 9.95. The van der Waals surface area contributed by atoms with E-state index in [0.717, 1.165) is 23.5 Å². The zero-order chi connectivity index (χ0) is 16.5. The van der Waals surface area contributed by atoms with Gasteiger partial charge in [0, 0.05) is 6.42 Å². The van der Waals surface area contributed by atoms with Gasteiger partial charge in [0.2, 0.25) is 5.91 Å². The highest BCUT2D eigenvalue weighted by Gasteiger charge is 2.20. The Kier molecular flexibility index (Phi) is 7.78. The minimum atomic E-state index is -0.0195. The van der Waals surface area contributed by atoms with Crippen LogP contribution in [-0.2, 0) is 4.79 Å². The van der Waals surface area contributed by atoms with E-state index >= 15 is 0 Å². The maximum atomic E-state index is 11.9. The fraction of sp³-hybridized carbons (Fsp3) is 0.611. The van der Waals surface area contributed by atoms with Crippen LogP contribution in [0.3, 0.4) is 0 Å². The first-order valence-corrected chi connectivity index (χ1v) is 8.22. The quantitative estimate of drug-likeness (QED) is 0.747. The standard InChI is InChI=1S/C18H29NO3/c1-6-9-17(20)19-18(13(4)5)14-10-11-15(21-7-2)16(12-14)22-8-3/h10-13,18H,6-9H2,1-5H3,(H,19,20). The molecule has 1 aromatic carbocycles. The molecule has 1 N–H and O–H groups in total. The van der Waals surface area contributed by atoms with Gasteiger partial charge in [-0.05, 0) is 43.9 Å². The third-order valence-corrected chi connectivity index (χ3v) is 3.39. The third-order valence-electron chi connectivity index (χ3n) is 3.39. The van der Waals surface area contributed by atoms with Gasteiger partial charge in [0.25, 0.3) is 0 Å². The maximum Gasteiger partial charge on any atom is 0.220 e. The molecule has 22 heavy (non-hydrogen) atoms. The van der Waals surface area contributed by atoms with Crippen molar-refractivity contribution in [1.29, 1.82) is 0 Å². The second-order valence-corrected chi connectivity index (χ2v) is 5.61. The van der Waals surface area contributed by atoms with Crippen LogP contribution in [0.25, 0.3) is 0 Å². The lowest BCUT2D eigenvalue weighted by Gasteiger charge is -2.24. The average molecular weight is 307 g/mol. The molecule has 0 aliphatic carbocycles. The van der Waals surface area contributed by atoms with Crippen LogP contribution >= 0.6 is 0 Å². The molecule has 0 spiro atoms. The molecule has 0 heterocycles. The monoisotopic (exact) mass is 307 g/mol. The number of hydrogen-bond donors (Lipinski definition) is 1. The van der Waals surface area contributed by atoms with E-state index in [1.54, 1.807) is 0 Å². The first-order chi connectivity index (χ1) is 10.5. The maximum absolute atomic E-state index is 11.9. The Morgan fingerprint density at radius 2 is 1.73 bits per heavy atom. The van der Waals surface area contributed by atoms with E-state index in [2.05, 4.69) is 19.2 Å². The lowest BCUT2D eigenvalue weighted by molar-refractivity contribution is -0.122. The summed E-state index contributed by atoms with van der Waals surface area (Å²) >= 11 is 0. The summed E-state index contributed by atoms with van der Waals surface area (Å²) in [7, 11) is 0. The van der Waals surface area contributed by atoms with Gasteiger partial charge in [-0.2, -0.15) is 0 Å². The molecular weight excluding hydrogens is 278 g/mol. The van der Waals surface area contributed by atoms with Gasteiger partial charge in [-0.1, -0.05) is 26.8 Å². The van der Waals surface area contributed by atoms with E-state index in [0.29, 0.717) is 25.6 Å². The van der Waals surface area contributed by atoms with E-state index in [9.17, 15) is 4.79 Å². The molecular formula is C18H29NO3. The molecule has 124 valence electrons. The third kappa shape index (κ3) is 5.24. The molecule has 4 nitrogen and oxygen atoms in total. The molecule has 1 atom stereocenters. The average Bonchev–Trinajstić information content (AvgIpc) is 2.47. The Morgan fingerprint density at radius 1 is 1.09 bits per heavy atom.